The van der Waals surface area contributed by atoms with E-state index in [0.29, 0.717) is 11.7 Å². The zero-order chi connectivity index (χ0) is 14.6. The summed E-state index contributed by atoms with van der Waals surface area (Å²) in [6.45, 7) is 2.99. The minimum atomic E-state index is -0.211. The molecule has 2 rings (SSSR count). The molecule has 0 spiro atoms. The Labute approximate surface area is 120 Å². The van der Waals surface area contributed by atoms with Gasteiger partial charge in [-0.05, 0) is 44.7 Å². The predicted octanol–water partition coefficient (Wildman–Crippen LogP) is 2.55. The first-order valence-corrected chi connectivity index (χ1v) is 7.38. The molecule has 1 fully saturated rings. The predicted molar refractivity (Wildman–Crippen MR) is 80.6 cm³/mol. The highest BCUT2D eigenvalue weighted by molar-refractivity contribution is 5.46. The van der Waals surface area contributed by atoms with Gasteiger partial charge < -0.3 is 15.3 Å². The van der Waals surface area contributed by atoms with Gasteiger partial charge in [0.25, 0.3) is 0 Å². The van der Waals surface area contributed by atoms with Crippen molar-refractivity contribution in [1.82, 2.24) is 5.32 Å². The summed E-state index contributed by atoms with van der Waals surface area (Å²) in [5.74, 6) is -0.184. The van der Waals surface area contributed by atoms with Crippen LogP contribution in [0.5, 0.6) is 0 Å². The highest BCUT2D eigenvalue weighted by Crippen LogP contribution is 2.25. The van der Waals surface area contributed by atoms with E-state index in [9.17, 15) is 9.50 Å². The van der Waals surface area contributed by atoms with Crippen LogP contribution in [0, 0.1) is 5.82 Å². The summed E-state index contributed by atoms with van der Waals surface area (Å²) >= 11 is 0. The quantitative estimate of drug-likeness (QED) is 0.768. The van der Waals surface area contributed by atoms with Gasteiger partial charge in [-0.3, -0.25) is 0 Å². The molecule has 1 aliphatic carbocycles. The van der Waals surface area contributed by atoms with Crippen molar-refractivity contribution >= 4 is 5.69 Å². The molecular formula is C16H25FN2O. The van der Waals surface area contributed by atoms with Gasteiger partial charge in [0.05, 0.1) is 12.3 Å². The first kappa shape index (κ1) is 15.3. The second-order valence-corrected chi connectivity index (χ2v) is 6.11. The zero-order valence-electron chi connectivity index (χ0n) is 12.4. The number of aliphatic hydroxyl groups is 1. The minimum Gasteiger partial charge on any atom is -0.394 e. The summed E-state index contributed by atoms with van der Waals surface area (Å²) in [6.07, 6.45) is 4.23. The van der Waals surface area contributed by atoms with Crippen LogP contribution in [0.2, 0.25) is 0 Å². The van der Waals surface area contributed by atoms with Crippen LogP contribution < -0.4 is 10.2 Å². The molecule has 2 N–H and O–H groups in total. The van der Waals surface area contributed by atoms with E-state index in [2.05, 4.69) is 12.2 Å². The molecule has 1 atom stereocenters. The van der Waals surface area contributed by atoms with Gasteiger partial charge in [-0.15, -0.1) is 0 Å². The van der Waals surface area contributed by atoms with E-state index in [1.807, 2.05) is 18.0 Å². The average molecular weight is 280 g/mol. The number of hydrogen-bond donors (Lipinski definition) is 2. The molecule has 0 aromatic heterocycles. The monoisotopic (exact) mass is 280 g/mol. The minimum absolute atomic E-state index is 0.146. The van der Waals surface area contributed by atoms with Crippen molar-refractivity contribution in [3.63, 3.8) is 0 Å². The molecule has 112 valence electrons. The molecular weight excluding hydrogens is 255 g/mol. The Hall–Kier alpha value is -1.13. The maximum Gasteiger partial charge on any atom is 0.146 e. The maximum absolute atomic E-state index is 13.7. The van der Waals surface area contributed by atoms with Crippen molar-refractivity contribution in [2.24, 2.45) is 0 Å². The molecule has 1 aliphatic rings. The van der Waals surface area contributed by atoms with E-state index in [4.69, 9.17) is 0 Å². The number of nitrogens with one attached hydrogen (secondary N) is 1. The second-order valence-electron chi connectivity index (χ2n) is 6.11. The Bertz CT molecular complexity index is 436. The number of benzene rings is 1. The van der Waals surface area contributed by atoms with Gasteiger partial charge in [0.15, 0.2) is 0 Å². The van der Waals surface area contributed by atoms with Gasteiger partial charge >= 0.3 is 0 Å². The van der Waals surface area contributed by atoms with Crippen LogP contribution >= 0.6 is 0 Å². The summed E-state index contributed by atoms with van der Waals surface area (Å²) in [5, 5.41) is 13.1. The third-order valence-electron chi connectivity index (χ3n) is 3.96. The van der Waals surface area contributed by atoms with Crippen molar-refractivity contribution in [1.29, 1.82) is 0 Å². The van der Waals surface area contributed by atoms with Crippen LogP contribution in [0.1, 0.15) is 32.6 Å². The lowest BCUT2D eigenvalue weighted by molar-refractivity contribution is 0.162. The Balaban J connectivity index is 1.80. The summed E-state index contributed by atoms with van der Waals surface area (Å²) in [6, 6.07) is 7.41. The topological polar surface area (TPSA) is 35.5 Å². The zero-order valence-corrected chi connectivity index (χ0v) is 12.4. The molecule has 20 heavy (non-hydrogen) atoms. The number of rotatable bonds is 8. The Kier molecular flexibility index (Phi) is 5.00. The fraction of sp³-hybridized carbons (Fsp3) is 0.625. The summed E-state index contributed by atoms with van der Waals surface area (Å²) < 4.78 is 13.7. The second kappa shape index (κ2) is 6.55. The van der Waals surface area contributed by atoms with E-state index in [1.165, 1.54) is 18.9 Å². The lowest BCUT2D eigenvalue weighted by Crippen LogP contribution is -2.47. The fourth-order valence-electron chi connectivity index (χ4n) is 2.51. The summed E-state index contributed by atoms with van der Waals surface area (Å²) in [7, 11) is 1.91. The van der Waals surface area contributed by atoms with Gasteiger partial charge in [0, 0.05) is 25.2 Å². The Morgan fingerprint density at radius 2 is 2.10 bits per heavy atom. The van der Waals surface area contributed by atoms with Gasteiger partial charge in [0.2, 0.25) is 0 Å². The normalized spacial score (nSPS) is 17.8. The highest BCUT2D eigenvalue weighted by Gasteiger charge is 2.31. The van der Waals surface area contributed by atoms with Crippen molar-refractivity contribution in [2.45, 2.75) is 44.2 Å². The van der Waals surface area contributed by atoms with Crippen molar-refractivity contribution < 1.29 is 9.50 Å². The number of para-hydroxylation sites is 1. The molecule has 1 saturated carbocycles. The average Bonchev–Trinajstić information content (AvgIpc) is 3.23. The molecule has 1 unspecified atom stereocenters. The van der Waals surface area contributed by atoms with Crippen molar-refractivity contribution in [2.75, 3.05) is 25.1 Å². The molecule has 4 heteroatoms. The third kappa shape index (κ3) is 4.18. The van der Waals surface area contributed by atoms with Gasteiger partial charge in [-0.2, -0.15) is 0 Å². The molecule has 0 radical (unpaired) electrons. The van der Waals surface area contributed by atoms with Crippen LogP contribution in [0.25, 0.3) is 0 Å². The van der Waals surface area contributed by atoms with Crippen LogP contribution in [0.15, 0.2) is 24.3 Å². The Morgan fingerprint density at radius 1 is 1.40 bits per heavy atom. The molecule has 0 heterocycles. The lowest BCUT2D eigenvalue weighted by atomic mass is 9.96. The maximum atomic E-state index is 13.7. The third-order valence-corrected chi connectivity index (χ3v) is 3.96. The molecule has 0 aliphatic heterocycles. The van der Waals surface area contributed by atoms with Gasteiger partial charge in [0.1, 0.15) is 5.82 Å². The van der Waals surface area contributed by atoms with E-state index in [1.54, 1.807) is 12.1 Å². The molecule has 1 aromatic rings. The lowest BCUT2D eigenvalue weighted by Gasteiger charge is -2.30. The summed E-state index contributed by atoms with van der Waals surface area (Å²) in [4.78, 5) is 1.93. The largest absolute Gasteiger partial charge is 0.394 e. The van der Waals surface area contributed by atoms with E-state index in [0.717, 1.165) is 19.4 Å². The fourth-order valence-corrected chi connectivity index (χ4v) is 2.51. The molecule has 1 aromatic carbocycles. The molecule has 0 bridgehead atoms. The first-order chi connectivity index (χ1) is 9.54. The first-order valence-electron chi connectivity index (χ1n) is 7.38. The van der Waals surface area contributed by atoms with E-state index in [-0.39, 0.29) is 18.0 Å². The molecule has 0 amide bonds. The molecule has 3 nitrogen and oxygen atoms in total. The standard InChI is InChI=1S/C16H25FN2O/c1-16(12-20,18-13-8-9-13)10-5-11-19(2)15-7-4-3-6-14(15)17/h3-4,6-7,13,18,20H,5,8-12H2,1-2H3. The van der Waals surface area contributed by atoms with Crippen molar-refractivity contribution in [3.05, 3.63) is 30.1 Å². The number of anilines is 1. The van der Waals surface area contributed by atoms with Crippen LogP contribution in [-0.4, -0.2) is 36.9 Å². The highest BCUT2D eigenvalue weighted by atomic mass is 19.1. The van der Waals surface area contributed by atoms with E-state index >= 15 is 0 Å². The van der Waals surface area contributed by atoms with Crippen LogP contribution in [-0.2, 0) is 0 Å². The van der Waals surface area contributed by atoms with Gasteiger partial charge in [-0.1, -0.05) is 12.1 Å². The van der Waals surface area contributed by atoms with E-state index < -0.39 is 0 Å². The van der Waals surface area contributed by atoms with Crippen molar-refractivity contribution in [3.8, 4) is 0 Å². The van der Waals surface area contributed by atoms with Gasteiger partial charge in [-0.25, -0.2) is 4.39 Å². The molecule has 0 saturated heterocycles. The number of halogens is 1. The number of nitrogens with zero attached hydrogens (tertiary/aromatic N) is 1. The smallest absolute Gasteiger partial charge is 0.146 e. The Morgan fingerprint density at radius 3 is 2.70 bits per heavy atom. The number of hydrogen-bond acceptors (Lipinski definition) is 3. The number of aliphatic hydroxyl groups excluding tert-OH is 1. The van der Waals surface area contributed by atoms with Crippen LogP contribution in [0.3, 0.4) is 0 Å². The summed E-state index contributed by atoms with van der Waals surface area (Å²) in [5.41, 5.74) is 0.422. The van der Waals surface area contributed by atoms with Crippen LogP contribution in [0.4, 0.5) is 10.1 Å². The SMILES string of the molecule is CN(CCCC(C)(CO)NC1CC1)c1ccccc1F.